The average molecular weight is 323 g/mol. The first-order valence-electron chi connectivity index (χ1n) is 7.86. The number of aryl methyl sites for hydroxylation is 2. The first-order chi connectivity index (χ1) is 11.2. The van der Waals surface area contributed by atoms with Crippen LogP contribution < -0.4 is 0 Å². The number of aromatic nitrogens is 3. The predicted octanol–water partition coefficient (Wildman–Crippen LogP) is 4.87. The lowest BCUT2D eigenvalue weighted by molar-refractivity contribution is 0.687. The van der Waals surface area contributed by atoms with Gasteiger partial charge < -0.3 is 4.57 Å². The number of benzene rings is 2. The summed E-state index contributed by atoms with van der Waals surface area (Å²) in [6.45, 7) is 7.26. The van der Waals surface area contributed by atoms with Gasteiger partial charge in [0.25, 0.3) is 0 Å². The van der Waals surface area contributed by atoms with Crippen LogP contribution in [0.5, 0.6) is 0 Å². The molecule has 0 amide bonds. The van der Waals surface area contributed by atoms with Gasteiger partial charge in [-0.3, -0.25) is 0 Å². The summed E-state index contributed by atoms with van der Waals surface area (Å²) in [5.74, 6) is 1.86. The third kappa shape index (κ3) is 3.48. The summed E-state index contributed by atoms with van der Waals surface area (Å²) in [7, 11) is 0. The Morgan fingerprint density at radius 2 is 1.83 bits per heavy atom. The summed E-state index contributed by atoms with van der Waals surface area (Å²) >= 11 is 1.75. The zero-order valence-corrected chi connectivity index (χ0v) is 14.6. The van der Waals surface area contributed by atoms with Crippen molar-refractivity contribution in [2.75, 3.05) is 0 Å². The van der Waals surface area contributed by atoms with Crippen molar-refractivity contribution in [2.45, 2.75) is 38.2 Å². The van der Waals surface area contributed by atoms with Crippen molar-refractivity contribution < 1.29 is 0 Å². The zero-order chi connectivity index (χ0) is 16.2. The van der Waals surface area contributed by atoms with Crippen molar-refractivity contribution in [2.24, 2.45) is 0 Å². The van der Waals surface area contributed by atoms with E-state index in [4.69, 9.17) is 0 Å². The molecular weight excluding hydrogens is 302 g/mol. The molecule has 1 heterocycles. The highest BCUT2D eigenvalue weighted by Gasteiger charge is 2.13. The Labute approximate surface area is 141 Å². The van der Waals surface area contributed by atoms with Gasteiger partial charge in [0, 0.05) is 17.9 Å². The van der Waals surface area contributed by atoms with E-state index in [0.717, 1.165) is 28.8 Å². The number of hydrogen-bond acceptors (Lipinski definition) is 3. The van der Waals surface area contributed by atoms with E-state index in [1.165, 1.54) is 16.7 Å². The normalized spacial score (nSPS) is 10.9. The summed E-state index contributed by atoms with van der Waals surface area (Å²) < 4.78 is 2.19. The lowest BCUT2D eigenvalue weighted by atomic mass is 10.1. The molecule has 3 nitrogen and oxygen atoms in total. The molecule has 23 heavy (non-hydrogen) atoms. The molecule has 3 aromatic rings. The van der Waals surface area contributed by atoms with Crippen LogP contribution in [0.4, 0.5) is 0 Å². The van der Waals surface area contributed by atoms with Crippen molar-refractivity contribution in [1.29, 1.82) is 0 Å². The average Bonchev–Trinajstić information content (AvgIpc) is 2.97. The molecule has 0 saturated heterocycles. The molecule has 4 heteroatoms. The molecule has 2 aromatic carbocycles. The molecule has 0 fully saturated rings. The maximum atomic E-state index is 4.43. The molecule has 0 aliphatic rings. The first-order valence-corrected chi connectivity index (χ1v) is 8.85. The van der Waals surface area contributed by atoms with Crippen molar-refractivity contribution in [3.8, 4) is 11.4 Å². The van der Waals surface area contributed by atoms with Crippen LogP contribution in [0.15, 0.2) is 53.7 Å². The molecule has 0 radical (unpaired) electrons. The standard InChI is InChI=1S/C19H21N3S/c1-4-22-18(16-11-7-8-14(2)12-16)20-21-19(22)23-13-17-10-6-5-9-15(17)3/h5-12H,4,13H2,1-3H3. The monoisotopic (exact) mass is 323 g/mol. The Balaban J connectivity index is 1.85. The quantitative estimate of drug-likeness (QED) is 0.627. The first kappa shape index (κ1) is 15.8. The zero-order valence-electron chi connectivity index (χ0n) is 13.8. The predicted molar refractivity (Wildman–Crippen MR) is 96.6 cm³/mol. The largest absolute Gasteiger partial charge is 0.302 e. The summed E-state index contributed by atoms with van der Waals surface area (Å²) in [5, 5.41) is 9.82. The summed E-state index contributed by atoms with van der Waals surface area (Å²) in [4.78, 5) is 0. The highest BCUT2D eigenvalue weighted by molar-refractivity contribution is 7.98. The number of nitrogens with zero attached hydrogens (tertiary/aromatic N) is 3. The van der Waals surface area contributed by atoms with Gasteiger partial charge in [-0.1, -0.05) is 59.8 Å². The summed E-state index contributed by atoms with van der Waals surface area (Å²) in [6.07, 6.45) is 0. The van der Waals surface area contributed by atoms with E-state index in [9.17, 15) is 0 Å². The van der Waals surface area contributed by atoms with Gasteiger partial charge in [-0.15, -0.1) is 10.2 Å². The van der Waals surface area contributed by atoms with Crippen LogP contribution in [0.2, 0.25) is 0 Å². The second-order valence-corrected chi connectivity index (χ2v) is 6.58. The molecule has 0 N–H and O–H groups in total. The van der Waals surface area contributed by atoms with Crippen LogP contribution in [0.1, 0.15) is 23.6 Å². The highest BCUT2D eigenvalue weighted by atomic mass is 32.2. The Morgan fingerprint density at radius 1 is 1.00 bits per heavy atom. The second kappa shape index (κ2) is 7.01. The van der Waals surface area contributed by atoms with Gasteiger partial charge in [0.05, 0.1) is 0 Å². The van der Waals surface area contributed by atoms with Gasteiger partial charge in [0.2, 0.25) is 0 Å². The van der Waals surface area contributed by atoms with Crippen LogP contribution in [-0.2, 0) is 12.3 Å². The molecule has 0 saturated carbocycles. The maximum Gasteiger partial charge on any atom is 0.191 e. The minimum atomic E-state index is 0.867. The third-order valence-electron chi connectivity index (χ3n) is 3.93. The minimum Gasteiger partial charge on any atom is -0.302 e. The van der Waals surface area contributed by atoms with E-state index in [2.05, 4.69) is 84.1 Å². The van der Waals surface area contributed by atoms with Gasteiger partial charge in [-0.05, 0) is 38.0 Å². The van der Waals surface area contributed by atoms with Gasteiger partial charge in [0.1, 0.15) is 0 Å². The molecule has 0 bridgehead atoms. The molecule has 0 aliphatic heterocycles. The number of hydrogen-bond donors (Lipinski definition) is 0. The molecule has 0 atom stereocenters. The Morgan fingerprint density at radius 3 is 2.57 bits per heavy atom. The van der Waals surface area contributed by atoms with E-state index in [1.54, 1.807) is 11.8 Å². The Hall–Kier alpha value is -2.07. The second-order valence-electron chi connectivity index (χ2n) is 5.64. The molecule has 0 aliphatic carbocycles. The van der Waals surface area contributed by atoms with Gasteiger partial charge in [-0.25, -0.2) is 0 Å². The molecule has 0 unspecified atom stereocenters. The van der Waals surface area contributed by atoms with Crippen LogP contribution in [0.25, 0.3) is 11.4 Å². The summed E-state index contributed by atoms with van der Waals surface area (Å²) in [5.41, 5.74) is 5.03. The lowest BCUT2D eigenvalue weighted by Gasteiger charge is -2.08. The van der Waals surface area contributed by atoms with Gasteiger partial charge >= 0.3 is 0 Å². The van der Waals surface area contributed by atoms with Crippen LogP contribution in [-0.4, -0.2) is 14.8 Å². The molecule has 0 spiro atoms. The topological polar surface area (TPSA) is 30.7 Å². The van der Waals surface area contributed by atoms with Crippen molar-refractivity contribution >= 4 is 11.8 Å². The smallest absolute Gasteiger partial charge is 0.191 e. The van der Waals surface area contributed by atoms with E-state index in [0.29, 0.717) is 0 Å². The fourth-order valence-corrected chi connectivity index (χ4v) is 3.67. The van der Waals surface area contributed by atoms with Crippen molar-refractivity contribution in [3.05, 3.63) is 65.2 Å². The van der Waals surface area contributed by atoms with Crippen LogP contribution in [0.3, 0.4) is 0 Å². The lowest BCUT2D eigenvalue weighted by Crippen LogP contribution is -2.00. The van der Waals surface area contributed by atoms with E-state index in [1.807, 2.05) is 0 Å². The molecule has 118 valence electrons. The number of thioether (sulfide) groups is 1. The summed E-state index contributed by atoms with van der Waals surface area (Å²) in [6, 6.07) is 16.9. The van der Waals surface area contributed by atoms with E-state index >= 15 is 0 Å². The van der Waals surface area contributed by atoms with Crippen molar-refractivity contribution in [1.82, 2.24) is 14.8 Å². The maximum absolute atomic E-state index is 4.43. The Kier molecular flexibility index (Phi) is 4.82. The molecule has 1 aromatic heterocycles. The van der Waals surface area contributed by atoms with Gasteiger partial charge in [0.15, 0.2) is 11.0 Å². The minimum absolute atomic E-state index is 0.867. The van der Waals surface area contributed by atoms with E-state index in [-0.39, 0.29) is 0 Å². The van der Waals surface area contributed by atoms with E-state index < -0.39 is 0 Å². The SMILES string of the molecule is CCn1c(SCc2ccccc2C)nnc1-c1cccc(C)c1. The highest BCUT2D eigenvalue weighted by Crippen LogP contribution is 2.27. The Bertz CT molecular complexity index is 808. The fraction of sp³-hybridized carbons (Fsp3) is 0.263. The van der Waals surface area contributed by atoms with Crippen LogP contribution >= 0.6 is 11.8 Å². The van der Waals surface area contributed by atoms with Crippen LogP contribution in [0, 0.1) is 13.8 Å². The molecular formula is C19H21N3S. The van der Waals surface area contributed by atoms with Crippen molar-refractivity contribution in [3.63, 3.8) is 0 Å². The fourth-order valence-electron chi connectivity index (χ4n) is 2.59. The number of rotatable bonds is 5. The van der Waals surface area contributed by atoms with Gasteiger partial charge in [-0.2, -0.15) is 0 Å². The third-order valence-corrected chi connectivity index (χ3v) is 4.94. The molecule has 3 rings (SSSR count).